The molecule has 0 amide bonds. The zero-order valence-corrected chi connectivity index (χ0v) is 58.3. The molecule has 1 aromatic heterocycles. The Hall–Kier alpha value is -11.8. The van der Waals surface area contributed by atoms with Crippen molar-refractivity contribution in [2.45, 2.75) is 26.2 Å². The maximum absolute atomic E-state index is 3.10. The van der Waals surface area contributed by atoms with Gasteiger partial charge in [0.2, 0.25) is 0 Å². The minimum Gasteiger partial charge on any atom is -0.311 e. The molecule has 15 aromatic carbocycles. The largest absolute Gasteiger partial charge is 0.311 e. The van der Waals surface area contributed by atoms with Gasteiger partial charge in [-0.15, -0.1) is 0 Å². The molecule has 0 aliphatic carbocycles. The van der Waals surface area contributed by atoms with Crippen LogP contribution in [-0.2, 0) is 5.41 Å². The topological polar surface area (TPSA) is 11.4 Å². The fourth-order valence-corrected chi connectivity index (χ4v) is 26.5. The van der Waals surface area contributed by atoms with Gasteiger partial charge in [0.25, 0.3) is 6.71 Å². The third-order valence-electron chi connectivity index (χ3n) is 21.4. The monoisotopic (exact) mass is 1310 g/mol. The molecule has 0 bridgehead atoms. The number of rotatable bonds is 13. The second-order valence-electron chi connectivity index (χ2n) is 27.9. The Labute approximate surface area is 589 Å². The number of aromatic nitrogens is 1. The number of hydrogen-bond donors (Lipinski definition) is 0. The predicted octanol–water partition coefficient (Wildman–Crippen LogP) is 16.3. The van der Waals surface area contributed by atoms with Gasteiger partial charge in [-0.3, -0.25) is 0 Å². The lowest BCUT2D eigenvalue weighted by atomic mass is 9.33. The van der Waals surface area contributed by atoms with Gasteiger partial charge in [-0.2, -0.15) is 0 Å². The SMILES string of the molecule is CC(C)(C)c1ccc(-c2cccc(N3c4ccc([Si](c5ccccc5)(c5ccccc5)c5ccccc5)cc4B4c5cccc(-c6ccccc6)c5N(c5ccc([Si](c6ccccc6)(c6ccccc6)c6ccccc6)cc5)c5cc(-n6c7ccccc7c7ccccc76)cc3c54)c2)cc1. The highest BCUT2D eigenvalue weighted by Gasteiger charge is 2.48. The third kappa shape index (κ3) is 9.76. The van der Waals surface area contributed by atoms with Crippen LogP contribution in [0.2, 0.25) is 0 Å². The first-order valence-corrected chi connectivity index (χ1v) is 39.0. The van der Waals surface area contributed by atoms with Crippen molar-refractivity contribution < 1.29 is 0 Å². The van der Waals surface area contributed by atoms with E-state index in [0.717, 1.165) is 56.3 Å². The van der Waals surface area contributed by atoms with Gasteiger partial charge in [0.1, 0.15) is 0 Å². The summed E-state index contributed by atoms with van der Waals surface area (Å²) >= 11 is 0. The van der Waals surface area contributed by atoms with E-state index in [-0.39, 0.29) is 12.1 Å². The van der Waals surface area contributed by atoms with E-state index in [0.29, 0.717) is 0 Å². The van der Waals surface area contributed by atoms with Gasteiger partial charge < -0.3 is 14.4 Å². The van der Waals surface area contributed by atoms with E-state index >= 15 is 0 Å². The maximum Gasteiger partial charge on any atom is 0.252 e. The number of fused-ring (bicyclic) bond motifs is 7. The molecule has 6 heteroatoms. The molecule has 0 atom stereocenters. The van der Waals surface area contributed by atoms with E-state index in [1.165, 1.54) is 91.0 Å². The van der Waals surface area contributed by atoms with Crippen molar-refractivity contribution in [2.75, 3.05) is 9.80 Å². The summed E-state index contributed by atoms with van der Waals surface area (Å²) in [5, 5.41) is 13.1. The Balaban J connectivity index is 0.971. The summed E-state index contributed by atoms with van der Waals surface area (Å²) in [5.41, 5.74) is 19.9. The first-order chi connectivity index (χ1) is 49.3. The second-order valence-corrected chi connectivity index (χ2v) is 35.5. The van der Waals surface area contributed by atoms with Crippen molar-refractivity contribution in [3.63, 3.8) is 0 Å². The molecule has 100 heavy (non-hydrogen) atoms. The van der Waals surface area contributed by atoms with E-state index in [1.807, 2.05) is 0 Å². The second kappa shape index (κ2) is 24.6. The van der Waals surface area contributed by atoms with Gasteiger partial charge in [-0.25, -0.2) is 0 Å². The highest BCUT2D eigenvalue weighted by atomic mass is 28.3. The van der Waals surface area contributed by atoms with Crippen LogP contribution in [0.15, 0.2) is 382 Å². The molecule has 18 rings (SSSR count). The highest BCUT2D eigenvalue weighted by Crippen LogP contribution is 2.49. The van der Waals surface area contributed by atoms with E-state index in [1.54, 1.807) is 0 Å². The molecule has 3 heterocycles. The van der Waals surface area contributed by atoms with Crippen molar-refractivity contribution in [3.05, 3.63) is 388 Å². The summed E-state index contributed by atoms with van der Waals surface area (Å²) in [4.78, 5) is 5.28. The fourth-order valence-electron chi connectivity index (χ4n) is 17.0. The van der Waals surface area contributed by atoms with Gasteiger partial charge in [0, 0.05) is 50.5 Å². The molecule has 16 aromatic rings. The summed E-state index contributed by atoms with van der Waals surface area (Å²) in [5.74, 6) is 0. The predicted molar refractivity (Wildman–Crippen MR) is 432 cm³/mol. The van der Waals surface area contributed by atoms with Crippen LogP contribution in [0.1, 0.15) is 26.3 Å². The van der Waals surface area contributed by atoms with Crippen LogP contribution < -0.4 is 67.7 Å². The van der Waals surface area contributed by atoms with Crippen LogP contribution in [0.5, 0.6) is 0 Å². The number of nitrogens with zero attached hydrogens (tertiary/aromatic N) is 3. The summed E-state index contributed by atoms with van der Waals surface area (Å²) < 4.78 is 2.53. The first kappa shape index (κ1) is 60.6. The van der Waals surface area contributed by atoms with Crippen molar-refractivity contribution in [1.82, 2.24) is 4.57 Å². The Morgan fingerprint density at radius 1 is 0.270 bits per heavy atom. The molecule has 3 nitrogen and oxygen atoms in total. The Kier molecular flexibility index (Phi) is 14.9. The standard InChI is InChI=1S/C94H72BN3Si2/c1-94(2,3)70-55-53-67(54-56-70)69-33-29-34-72(63-69)96-89-62-61-81(100(77-41-19-8-20-42-77,78-43-21-9-22-44-78)79-45-23-10-24-46-79)66-86(89)95-85-50-30-49-82(68-31-11-4-12-32-68)93(85)98(91-65-73(64-90(96)92(91)95)97-87-51-27-25-47-83(87)84-48-26-28-52-88(84)97)71-57-59-80(60-58-71)99(74-35-13-5-14-36-74,75-37-15-6-16-38-75)76-39-17-7-18-40-76/h4-66H,1-3H3. The molecule has 0 unspecified atom stereocenters. The van der Waals surface area contributed by atoms with Crippen molar-refractivity contribution >= 4 is 137 Å². The average molecular weight is 1310 g/mol. The lowest BCUT2D eigenvalue weighted by molar-refractivity contribution is 0.590. The summed E-state index contributed by atoms with van der Waals surface area (Å²) in [7, 11) is -6.04. The molecular weight excluding hydrogens is 1240 g/mol. The van der Waals surface area contributed by atoms with Crippen LogP contribution in [0.25, 0.3) is 49.7 Å². The normalized spacial score (nSPS) is 12.7. The Morgan fingerprint density at radius 3 is 1.19 bits per heavy atom. The molecule has 2 aliphatic heterocycles. The zero-order valence-electron chi connectivity index (χ0n) is 56.3. The molecule has 0 N–H and O–H groups in total. The summed E-state index contributed by atoms with van der Waals surface area (Å²) in [6.45, 7) is 6.65. The van der Waals surface area contributed by atoms with Gasteiger partial charge in [-0.05, 0) is 140 Å². The maximum atomic E-state index is 2.67. The average Bonchev–Trinajstić information content (AvgIpc) is 0.853. The quantitative estimate of drug-likeness (QED) is 0.0842. The summed E-state index contributed by atoms with van der Waals surface area (Å²) in [6.07, 6.45) is 0. The minimum atomic E-state index is -3.10. The van der Waals surface area contributed by atoms with Crippen LogP contribution in [-0.4, -0.2) is 27.4 Å². The van der Waals surface area contributed by atoms with Gasteiger partial charge in [-0.1, -0.05) is 348 Å². The van der Waals surface area contributed by atoms with Gasteiger partial charge in [0.05, 0.1) is 16.7 Å². The number of para-hydroxylation sites is 3. The van der Waals surface area contributed by atoms with Crippen LogP contribution in [0, 0.1) is 0 Å². The van der Waals surface area contributed by atoms with Gasteiger partial charge >= 0.3 is 0 Å². The first-order valence-electron chi connectivity index (χ1n) is 35.0. The summed E-state index contributed by atoms with van der Waals surface area (Å²) in [6, 6.07) is 145. The zero-order chi connectivity index (χ0) is 66.9. The lowest BCUT2D eigenvalue weighted by Crippen LogP contribution is -2.75. The van der Waals surface area contributed by atoms with Crippen molar-refractivity contribution in [1.29, 1.82) is 0 Å². The van der Waals surface area contributed by atoms with Gasteiger partial charge in [0.15, 0.2) is 16.1 Å². The number of hydrogen-bond acceptors (Lipinski definition) is 2. The molecule has 2 aliphatic rings. The molecular formula is C94H72BN3Si2. The third-order valence-corrected chi connectivity index (χ3v) is 31.0. The minimum absolute atomic E-state index is 0.0188. The highest BCUT2D eigenvalue weighted by molar-refractivity contribution is 7.20. The molecule has 0 saturated carbocycles. The number of benzene rings is 15. The lowest BCUT2D eigenvalue weighted by Gasteiger charge is -2.46. The number of anilines is 6. The molecule has 0 saturated heterocycles. The smallest absolute Gasteiger partial charge is 0.252 e. The van der Waals surface area contributed by atoms with E-state index in [2.05, 4.69) is 417 Å². The van der Waals surface area contributed by atoms with E-state index < -0.39 is 16.1 Å². The van der Waals surface area contributed by atoms with E-state index in [4.69, 9.17) is 0 Å². The molecule has 0 fully saturated rings. The van der Waals surface area contributed by atoms with Crippen LogP contribution >= 0.6 is 0 Å². The Bertz CT molecular complexity index is 5440. The molecule has 474 valence electrons. The van der Waals surface area contributed by atoms with Crippen LogP contribution in [0.3, 0.4) is 0 Å². The molecule has 0 radical (unpaired) electrons. The fraction of sp³-hybridized carbons (Fsp3) is 0.0426. The van der Waals surface area contributed by atoms with Crippen LogP contribution in [0.4, 0.5) is 34.1 Å². The van der Waals surface area contributed by atoms with E-state index in [9.17, 15) is 0 Å². The Morgan fingerprint density at radius 2 is 0.690 bits per heavy atom. The van der Waals surface area contributed by atoms with Crippen molar-refractivity contribution in [2.24, 2.45) is 0 Å². The van der Waals surface area contributed by atoms with Crippen molar-refractivity contribution in [3.8, 4) is 27.9 Å². The molecule has 0 spiro atoms.